The maximum absolute atomic E-state index is 11.8. The second kappa shape index (κ2) is 9.62. The average Bonchev–Trinajstić information content (AvgIpc) is 2.60. The lowest BCUT2D eigenvalue weighted by atomic mass is 9.90. The SMILES string of the molecule is CCCC[C@@H](C)[C@@H](OCc1ccc(OC)cc1)[C@H]1CC(C)=CC(=O)O1. The predicted molar refractivity (Wildman–Crippen MR) is 98.5 cm³/mol. The van der Waals surface area contributed by atoms with E-state index in [0.29, 0.717) is 12.5 Å². The van der Waals surface area contributed by atoms with E-state index in [1.165, 1.54) is 0 Å². The van der Waals surface area contributed by atoms with Crippen molar-refractivity contribution in [1.82, 2.24) is 0 Å². The number of rotatable bonds is 9. The van der Waals surface area contributed by atoms with Crippen LogP contribution in [0.4, 0.5) is 0 Å². The van der Waals surface area contributed by atoms with E-state index in [4.69, 9.17) is 14.2 Å². The normalized spacial score (nSPS) is 19.8. The minimum atomic E-state index is -0.255. The average molecular weight is 346 g/mol. The molecule has 1 aromatic carbocycles. The van der Waals surface area contributed by atoms with Crippen molar-refractivity contribution in [1.29, 1.82) is 0 Å². The van der Waals surface area contributed by atoms with E-state index < -0.39 is 0 Å². The molecule has 0 radical (unpaired) electrons. The van der Waals surface area contributed by atoms with E-state index in [0.717, 1.165) is 42.6 Å². The van der Waals surface area contributed by atoms with Gasteiger partial charge in [-0.3, -0.25) is 0 Å². The molecule has 0 bridgehead atoms. The first-order valence-electron chi connectivity index (χ1n) is 9.15. The molecule has 138 valence electrons. The van der Waals surface area contributed by atoms with Crippen molar-refractivity contribution in [3.63, 3.8) is 0 Å². The Morgan fingerprint density at radius 2 is 2.00 bits per heavy atom. The number of methoxy groups -OCH3 is 1. The Morgan fingerprint density at radius 3 is 2.60 bits per heavy atom. The molecule has 1 aliphatic heterocycles. The van der Waals surface area contributed by atoms with Crippen LogP contribution in [0.3, 0.4) is 0 Å². The number of hydrogen-bond acceptors (Lipinski definition) is 4. The van der Waals surface area contributed by atoms with Crippen molar-refractivity contribution in [3.05, 3.63) is 41.5 Å². The summed E-state index contributed by atoms with van der Waals surface area (Å²) in [5, 5.41) is 0. The summed E-state index contributed by atoms with van der Waals surface area (Å²) in [5.74, 6) is 0.912. The summed E-state index contributed by atoms with van der Waals surface area (Å²) in [6.45, 7) is 6.86. The van der Waals surface area contributed by atoms with Gasteiger partial charge in [0, 0.05) is 12.5 Å². The lowest BCUT2D eigenvalue weighted by molar-refractivity contribution is -0.158. The third kappa shape index (κ3) is 5.89. The molecule has 0 spiro atoms. The highest BCUT2D eigenvalue weighted by atomic mass is 16.6. The third-order valence-corrected chi connectivity index (χ3v) is 4.70. The summed E-state index contributed by atoms with van der Waals surface area (Å²) in [7, 11) is 1.66. The van der Waals surface area contributed by atoms with Gasteiger partial charge >= 0.3 is 5.97 Å². The molecule has 0 amide bonds. The zero-order chi connectivity index (χ0) is 18.2. The van der Waals surface area contributed by atoms with E-state index in [9.17, 15) is 4.79 Å². The van der Waals surface area contributed by atoms with Gasteiger partial charge in [-0.05, 0) is 37.0 Å². The van der Waals surface area contributed by atoms with Crippen molar-refractivity contribution in [3.8, 4) is 5.75 Å². The van der Waals surface area contributed by atoms with Gasteiger partial charge < -0.3 is 14.2 Å². The van der Waals surface area contributed by atoms with Crippen LogP contribution in [-0.2, 0) is 20.9 Å². The van der Waals surface area contributed by atoms with Crippen LogP contribution in [0.15, 0.2) is 35.9 Å². The van der Waals surface area contributed by atoms with Gasteiger partial charge in [-0.1, -0.05) is 44.4 Å². The number of hydrogen-bond donors (Lipinski definition) is 0. The maximum Gasteiger partial charge on any atom is 0.331 e. The molecular weight excluding hydrogens is 316 g/mol. The highest BCUT2D eigenvalue weighted by Gasteiger charge is 2.32. The fraction of sp³-hybridized carbons (Fsp3) is 0.571. The molecule has 0 N–H and O–H groups in total. The molecule has 0 aromatic heterocycles. The first-order chi connectivity index (χ1) is 12.0. The Hall–Kier alpha value is -1.81. The first kappa shape index (κ1) is 19.5. The van der Waals surface area contributed by atoms with Crippen molar-refractivity contribution in [2.75, 3.05) is 7.11 Å². The second-order valence-corrected chi connectivity index (χ2v) is 6.91. The minimum absolute atomic E-state index is 0.0961. The van der Waals surface area contributed by atoms with Crippen LogP contribution in [0.5, 0.6) is 5.75 Å². The quantitative estimate of drug-likeness (QED) is 0.610. The summed E-state index contributed by atoms with van der Waals surface area (Å²) in [4.78, 5) is 11.8. The smallest absolute Gasteiger partial charge is 0.331 e. The maximum atomic E-state index is 11.8. The zero-order valence-electron chi connectivity index (χ0n) is 15.8. The van der Waals surface area contributed by atoms with E-state index in [2.05, 4.69) is 13.8 Å². The van der Waals surface area contributed by atoms with Gasteiger partial charge in [0.1, 0.15) is 11.9 Å². The summed E-state index contributed by atoms with van der Waals surface area (Å²) in [6, 6.07) is 7.87. The Labute approximate surface area is 151 Å². The van der Waals surface area contributed by atoms with Crippen LogP contribution in [0.2, 0.25) is 0 Å². The summed E-state index contributed by atoms with van der Waals surface area (Å²) < 4.78 is 17.0. The second-order valence-electron chi connectivity index (χ2n) is 6.91. The molecule has 1 aromatic rings. The van der Waals surface area contributed by atoms with Crippen LogP contribution < -0.4 is 4.74 Å². The van der Waals surface area contributed by atoms with Gasteiger partial charge in [0.2, 0.25) is 0 Å². The Morgan fingerprint density at radius 1 is 1.28 bits per heavy atom. The largest absolute Gasteiger partial charge is 0.497 e. The van der Waals surface area contributed by atoms with Gasteiger partial charge in [-0.25, -0.2) is 4.79 Å². The fourth-order valence-electron chi connectivity index (χ4n) is 3.23. The van der Waals surface area contributed by atoms with E-state index >= 15 is 0 Å². The van der Waals surface area contributed by atoms with E-state index in [1.807, 2.05) is 31.2 Å². The van der Waals surface area contributed by atoms with Crippen LogP contribution in [0.1, 0.15) is 52.0 Å². The molecule has 0 aliphatic carbocycles. The lowest BCUT2D eigenvalue weighted by Crippen LogP contribution is -2.40. The van der Waals surface area contributed by atoms with Crippen LogP contribution in [-0.4, -0.2) is 25.3 Å². The van der Waals surface area contributed by atoms with Gasteiger partial charge in [0.15, 0.2) is 0 Å². The Bertz CT molecular complexity index is 576. The molecule has 1 heterocycles. The predicted octanol–water partition coefficient (Wildman–Crippen LogP) is 4.67. The minimum Gasteiger partial charge on any atom is -0.497 e. The molecule has 25 heavy (non-hydrogen) atoms. The van der Waals surface area contributed by atoms with Gasteiger partial charge in [0.25, 0.3) is 0 Å². The van der Waals surface area contributed by atoms with Crippen LogP contribution in [0, 0.1) is 5.92 Å². The van der Waals surface area contributed by atoms with Crippen molar-refractivity contribution < 1.29 is 19.0 Å². The summed E-state index contributed by atoms with van der Waals surface area (Å²) >= 11 is 0. The molecule has 4 nitrogen and oxygen atoms in total. The number of carbonyl (C=O) groups excluding carboxylic acids is 1. The van der Waals surface area contributed by atoms with Gasteiger partial charge in [0.05, 0.1) is 19.8 Å². The van der Waals surface area contributed by atoms with Gasteiger partial charge in [-0.15, -0.1) is 0 Å². The van der Waals surface area contributed by atoms with E-state index in [-0.39, 0.29) is 18.2 Å². The summed E-state index contributed by atoms with van der Waals surface area (Å²) in [5.41, 5.74) is 2.14. The molecule has 4 heteroatoms. The van der Waals surface area contributed by atoms with Crippen molar-refractivity contribution in [2.45, 2.75) is 65.3 Å². The Balaban J connectivity index is 2.05. The molecule has 0 fully saturated rings. The molecule has 0 saturated carbocycles. The first-order valence-corrected chi connectivity index (χ1v) is 9.15. The highest BCUT2D eigenvalue weighted by molar-refractivity contribution is 5.83. The fourth-order valence-corrected chi connectivity index (χ4v) is 3.23. The monoisotopic (exact) mass is 346 g/mol. The summed E-state index contributed by atoms with van der Waals surface area (Å²) in [6.07, 6.45) is 5.39. The zero-order valence-corrected chi connectivity index (χ0v) is 15.8. The topological polar surface area (TPSA) is 44.8 Å². The molecular formula is C21H30O4. The molecule has 2 rings (SSSR count). The number of benzene rings is 1. The molecule has 3 atom stereocenters. The third-order valence-electron chi connectivity index (χ3n) is 4.70. The molecule has 1 aliphatic rings. The molecule has 0 saturated heterocycles. The van der Waals surface area contributed by atoms with Crippen LogP contribution >= 0.6 is 0 Å². The number of carbonyl (C=O) groups is 1. The van der Waals surface area contributed by atoms with Crippen LogP contribution in [0.25, 0.3) is 0 Å². The van der Waals surface area contributed by atoms with Crippen molar-refractivity contribution in [2.24, 2.45) is 5.92 Å². The number of ether oxygens (including phenoxy) is 3. The standard InChI is InChI=1S/C21H30O4/c1-5-6-7-16(3)21(19-12-15(2)13-20(22)25-19)24-14-17-8-10-18(23-4)11-9-17/h8-11,13,16,19,21H,5-7,12,14H2,1-4H3/t16-,19-,21-/m1/s1. The van der Waals surface area contributed by atoms with Gasteiger partial charge in [-0.2, -0.15) is 0 Å². The van der Waals surface area contributed by atoms with Crippen molar-refractivity contribution >= 4 is 5.97 Å². The Kier molecular flexibility index (Phi) is 7.51. The highest BCUT2D eigenvalue weighted by Crippen LogP contribution is 2.28. The van der Waals surface area contributed by atoms with E-state index in [1.54, 1.807) is 13.2 Å². The lowest BCUT2D eigenvalue weighted by Gasteiger charge is -2.33. The number of cyclic esters (lactones) is 1. The number of unbranched alkanes of at least 4 members (excludes halogenated alkanes) is 1. The molecule has 0 unspecified atom stereocenters. The number of esters is 1.